The number of rotatable bonds is 8. The second-order valence-corrected chi connectivity index (χ2v) is 11.4. The van der Waals surface area contributed by atoms with Gasteiger partial charge in [0.2, 0.25) is 5.91 Å². The molecule has 3 heterocycles. The van der Waals surface area contributed by atoms with E-state index in [-0.39, 0.29) is 23.7 Å². The van der Waals surface area contributed by atoms with Crippen molar-refractivity contribution in [2.45, 2.75) is 64.6 Å². The molecule has 0 aromatic carbocycles. The summed E-state index contributed by atoms with van der Waals surface area (Å²) in [4.78, 5) is 27.9. The van der Waals surface area contributed by atoms with E-state index < -0.39 is 0 Å². The van der Waals surface area contributed by atoms with E-state index >= 15 is 0 Å². The molecule has 176 valence electrons. The molecule has 1 aliphatic carbocycles. The van der Waals surface area contributed by atoms with E-state index in [4.69, 9.17) is 4.74 Å². The summed E-state index contributed by atoms with van der Waals surface area (Å²) in [5.41, 5.74) is 2.62. The van der Waals surface area contributed by atoms with Gasteiger partial charge in [-0.25, -0.2) is 4.79 Å². The molecule has 1 aliphatic rings. The minimum atomic E-state index is -0.352. The molecule has 0 radical (unpaired) electrons. The van der Waals surface area contributed by atoms with Crippen LogP contribution in [0.3, 0.4) is 0 Å². The minimum Gasteiger partial charge on any atom is -0.462 e. The van der Waals surface area contributed by atoms with E-state index in [2.05, 4.69) is 52.3 Å². The fourth-order valence-corrected chi connectivity index (χ4v) is 6.81. The zero-order chi connectivity index (χ0) is 23.5. The van der Waals surface area contributed by atoms with Crippen molar-refractivity contribution in [3.05, 3.63) is 32.3 Å². The number of fused-ring (bicyclic) bond motifs is 1. The van der Waals surface area contributed by atoms with Crippen LogP contribution in [0.2, 0.25) is 0 Å². The summed E-state index contributed by atoms with van der Waals surface area (Å²) < 4.78 is 7.35. The molecule has 10 heteroatoms. The Hall–Kier alpha value is -2.17. The molecule has 1 N–H and O–H groups in total. The van der Waals surface area contributed by atoms with E-state index in [1.165, 1.54) is 32.9 Å². The maximum Gasteiger partial charge on any atom is 0.341 e. The van der Waals surface area contributed by atoms with Gasteiger partial charge in [-0.3, -0.25) is 9.36 Å². The van der Waals surface area contributed by atoms with Crippen molar-refractivity contribution >= 4 is 51.3 Å². The molecule has 0 bridgehead atoms. The molecule has 3 aromatic heterocycles. The Kier molecular flexibility index (Phi) is 7.55. The molecule has 0 aliphatic heterocycles. The van der Waals surface area contributed by atoms with Crippen LogP contribution < -0.4 is 5.32 Å². The van der Waals surface area contributed by atoms with Gasteiger partial charge in [0.05, 0.1) is 17.9 Å². The number of nitrogens with one attached hydrogen (secondary N) is 1. The van der Waals surface area contributed by atoms with Gasteiger partial charge >= 0.3 is 5.97 Å². The lowest BCUT2D eigenvalue weighted by atomic mass is 9.95. The van der Waals surface area contributed by atoms with Crippen LogP contribution in [-0.4, -0.2) is 39.0 Å². The third-order valence-corrected chi connectivity index (χ3v) is 8.42. The lowest BCUT2D eigenvalue weighted by Gasteiger charge is -2.13. The Labute approximate surface area is 206 Å². The van der Waals surface area contributed by atoms with E-state index in [9.17, 15) is 9.59 Å². The molecule has 4 rings (SSSR count). The number of amides is 1. The van der Waals surface area contributed by atoms with Crippen LogP contribution >= 0.6 is 34.4 Å². The van der Waals surface area contributed by atoms with Crippen LogP contribution in [0.4, 0.5) is 5.00 Å². The average molecular weight is 505 g/mol. The number of aromatic nitrogens is 3. The van der Waals surface area contributed by atoms with Gasteiger partial charge in [-0.2, -0.15) is 0 Å². The Morgan fingerprint density at radius 3 is 2.76 bits per heavy atom. The number of carbonyl (C=O) groups is 2. The molecule has 0 spiro atoms. The van der Waals surface area contributed by atoms with E-state index in [1.54, 1.807) is 18.3 Å². The summed E-state index contributed by atoms with van der Waals surface area (Å²) in [6, 6.07) is 2.25. The summed E-state index contributed by atoms with van der Waals surface area (Å²) in [7, 11) is 0. The topological polar surface area (TPSA) is 86.1 Å². The third-order valence-electron chi connectivity index (χ3n) is 5.41. The maximum absolute atomic E-state index is 12.9. The second-order valence-electron chi connectivity index (χ2n) is 8.19. The Bertz CT molecular complexity index is 1160. The predicted octanol–water partition coefficient (Wildman–Crippen LogP) is 5.74. The van der Waals surface area contributed by atoms with Gasteiger partial charge in [0, 0.05) is 26.7 Å². The number of hydrogen-bond acceptors (Lipinski definition) is 8. The number of hydrogen-bond donors (Lipinski definition) is 1. The van der Waals surface area contributed by atoms with E-state index in [0.717, 1.165) is 42.6 Å². The largest absolute Gasteiger partial charge is 0.462 e. The zero-order valence-corrected chi connectivity index (χ0v) is 21.7. The van der Waals surface area contributed by atoms with Gasteiger partial charge in [0.25, 0.3) is 0 Å². The molecule has 0 atom stereocenters. The molecule has 7 nitrogen and oxygen atoms in total. The molecule has 0 saturated heterocycles. The fraction of sp³-hybridized carbons (Fsp3) is 0.478. The van der Waals surface area contributed by atoms with Crippen molar-refractivity contribution in [1.29, 1.82) is 0 Å². The Morgan fingerprint density at radius 1 is 1.27 bits per heavy atom. The molecule has 0 unspecified atom stereocenters. The number of ether oxygens (including phenoxy) is 1. The van der Waals surface area contributed by atoms with Crippen molar-refractivity contribution in [2.24, 2.45) is 0 Å². The van der Waals surface area contributed by atoms with Gasteiger partial charge in [-0.1, -0.05) is 11.8 Å². The van der Waals surface area contributed by atoms with Crippen molar-refractivity contribution in [1.82, 2.24) is 14.8 Å². The van der Waals surface area contributed by atoms with Crippen LogP contribution in [0.15, 0.2) is 16.6 Å². The van der Waals surface area contributed by atoms with Crippen molar-refractivity contribution in [2.75, 3.05) is 17.7 Å². The van der Waals surface area contributed by atoms with Crippen LogP contribution in [0.1, 0.15) is 65.3 Å². The summed E-state index contributed by atoms with van der Waals surface area (Å²) in [6.07, 6.45) is 3.96. The number of aryl methyl sites for hydroxylation is 2. The number of carbonyl (C=O) groups excluding carboxylic acids is 2. The molecule has 3 aromatic rings. The lowest BCUT2D eigenvalue weighted by molar-refractivity contribution is -0.113. The highest BCUT2D eigenvalue weighted by Gasteiger charge is 2.27. The maximum atomic E-state index is 12.9. The molecule has 1 amide bonds. The number of nitrogens with zero attached hydrogens (tertiary/aromatic N) is 3. The normalized spacial score (nSPS) is 13.2. The quantitative estimate of drug-likeness (QED) is 0.311. The van der Waals surface area contributed by atoms with Gasteiger partial charge < -0.3 is 10.1 Å². The first-order valence-corrected chi connectivity index (χ1v) is 13.8. The highest BCUT2D eigenvalue weighted by molar-refractivity contribution is 7.99. The van der Waals surface area contributed by atoms with Crippen LogP contribution in [-0.2, 0) is 22.4 Å². The van der Waals surface area contributed by atoms with Gasteiger partial charge in [-0.15, -0.1) is 32.9 Å². The monoisotopic (exact) mass is 504 g/mol. The molecule has 33 heavy (non-hydrogen) atoms. The van der Waals surface area contributed by atoms with E-state index in [0.29, 0.717) is 22.3 Å². The van der Waals surface area contributed by atoms with Crippen LogP contribution in [0.25, 0.3) is 11.4 Å². The zero-order valence-electron chi connectivity index (χ0n) is 19.3. The number of thiophene rings is 2. The number of thioether (sulfide) groups is 1. The summed E-state index contributed by atoms with van der Waals surface area (Å²) in [5, 5.41) is 15.1. The minimum absolute atomic E-state index is 0.153. The van der Waals surface area contributed by atoms with Gasteiger partial charge in [0.15, 0.2) is 11.0 Å². The molecule has 0 saturated carbocycles. The number of anilines is 1. The van der Waals surface area contributed by atoms with Crippen molar-refractivity contribution in [3.8, 4) is 11.4 Å². The Morgan fingerprint density at radius 2 is 2.06 bits per heavy atom. The van der Waals surface area contributed by atoms with E-state index in [1.807, 2.05) is 0 Å². The average Bonchev–Trinajstić information content (AvgIpc) is 3.48. The number of esters is 1. The van der Waals surface area contributed by atoms with Crippen molar-refractivity contribution < 1.29 is 14.3 Å². The third kappa shape index (κ3) is 5.17. The predicted molar refractivity (Wildman–Crippen MR) is 135 cm³/mol. The summed E-state index contributed by atoms with van der Waals surface area (Å²) in [6.45, 7) is 8.33. The first-order chi connectivity index (χ1) is 15.9. The highest BCUT2D eigenvalue weighted by Crippen LogP contribution is 2.39. The first kappa shape index (κ1) is 24.0. The van der Waals surface area contributed by atoms with Gasteiger partial charge in [0.1, 0.15) is 5.00 Å². The summed E-state index contributed by atoms with van der Waals surface area (Å²) in [5.74, 6) is 0.469. The standard InChI is InChI=1S/C23H28N4O3S3/c1-5-30-22(29)19-16-8-6-7-9-17(16)33-21(19)24-18(28)12-32-23-26-25-20(27(23)13(2)3)15-10-14(4)31-11-15/h10-11,13H,5-9,12H2,1-4H3,(H,24,28). The molecule has 0 fully saturated rings. The van der Waals surface area contributed by atoms with Crippen molar-refractivity contribution in [3.63, 3.8) is 0 Å². The van der Waals surface area contributed by atoms with Gasteiger partial charge in [-0.05, 0) is 65.0 Å². The van der Waals surface area contributed by atoms with Crippen LogP contribution in [0, 0.1) is 6.92 Å². The Balaban J connectivity index is 1.50. The summed E-state index contributed by atoms with van der Waals surface area (Å²) >= 11 is 4.54. The smallest absolute Gasteiger partial charge is 0.341 e. The lowest BCUT2D eigenvalue weighted by Crippen LogP contribution is -2.17. The SMILES string of the molecule is CCOC(=O)c1c(NC(=O)CSc2nnc(-c3csc(C)c3)n2C(C)C)sc2c1CCCC2. The van der Waals surface area contributed by atoms with Crippen LogP contribution in [0.5, 0.6) is 0 Å². The highest BCUT2D eigenvalue weighted by atomic mass is 32.2. The fourth-order valence-electron chi connectivity index (χ4n) is 3.96. The first-order valence-electron chi connectivity index (χ1n) is 11.1. The molecular formula is C23H28N4O3S3. The molecular weight excluding hydrogens is 476 g/mol. The second kappa shape index (κ2) is 10.4.